The fourth-order valence-electron chi connectivity index (χ4n) is 1.14. The number of aliphatic hydroxyl groups excluding tert-OH is 6. The van der Waals surface area contributed by atoms with Crippen molar-refractivity contribution in [1.82, 2.24) is 0 Å². The highest BCUT2D eigenvalue weighted by Gasteiger charge is 2.32. The van der Waals surface area contributed by atoms with Gasteiger partial charge in [-0.2, -0.15) is 0 Å². The molecule has 16 nitrogen and oxygen atoms in total. The van der Waals surface area contributed by atoms with E-state index in [0.717, 1.165) is 0 Å². The molecule has 0 rings (SSSR count). The van der Waals surface area contributed by atoms with Crippen LogP contribution in [0.15, 0.2) is 12.7 Å². The maximum absolute atomic E-state index is 10.3. The molecule has 196 valence electrons. The van der Waals surface area contributed by atoms with Crippen molar-refractivity contribution in [3.8, 4) is 0 Å². The highest BCUT2D eigenvalue weighted by atomic mass is 31.2. The number of hydrogen-bond donors (Lipinski definition) is 11. The Bertz CT molecular complexity index is 535. The van der Waals surface area contributed by atoms with E-state index in [1.807, 2.05) is 0 Å². The molecule has 0 saturated carbocycles. The number of phosphoric acid groups is 2. The van der Waals surface area contributed by atoms with Crippen LogP contribution in [0.25, 0.3) is 0 Å². The third-order valence-corrected chi connectivity index (χ3v) is 4.98. The van der Waals surface area contributed by atoms with Gasteiger partial charge in [0.1, 0.15) is 0 Å². The molecule has 0 radical (unpaired) electrons. The largest absolute Gasteiger partial charge is 0.469 e. The van der Waals surface area contributed by atoms with Crippen molar-refractivity contribution in [2.75, 3.05) is 59.0 Å². The van der Waals surface area contributed by atoms with E-state index in [9.17, 15) is 13.7 Å². The van der Waals surface area contributed by atoms with Crippen LogP contribution in [0.4, 0.5) is 0 Å². The zero-order valence-electron chi connectivity index (χ0n) is 17.0. The van der Waals surface area contributed by atoms with Crippen molar-refractivity contribution in [3.05, 3.63) is 12.7 Å². The topological polar surface area (TPSA) is 292 Å². The Balaban J connectivity index is -0.000000422. The van der Waals surface area contributed by atoms with Gasteiger partial charge in [0.15, 0.2) is 8.03 Å². The van der Waals surface area contributed by atoms with Gasteiger partial charge < -0.3 is 55.1 Å². The van der Waals surface area contributed by atoms with Crippen molar-refractivity contribution in [2.24, 2.45) is 10.8 Å². The van der Waals surface area contributed by atoms with Crippen LogP contribution in [0, 0.1) is 10.8 Å². The number of rotatable bonds is 14. The lowest BCUT2D eigenvalue weighted by atomic mass is 9.93. The van der Waals surface area contributed by atoms with Gasteiger partial charge in [-0.3, -0.25) is 13.6 Å². The van der Waals surface area contributed by atoms with Gasteiger partial charge in [-0.25, -0.2) is 9.13 Å². The van der Waals surface area contributed by atoms with Crippen molar-refractivity contribution < 1.29 is 77.8 Å². The maximum atomic E-state index is 10.3. The van der Waals surface area contributed by atoms with Crippen LogP contribution in [-0.4, -0.2) is 114 Å². The Kier molecular flexibility index (Phi) is 20.8. The molecule has 1 atom stereocenters. The van der Waals surface area contributed by atoms with Crippen molar-refractivity contribution in [1.29, 1.82) is 0 Å². The van der Waals surface area contributed by atoms with Gasteiger partial charge in [0.25, 0.3) is 0 Å². The second-order valence-electron chi connectivity index (χ2n) is 6.36. The van der Waals surface area contributed by atoms with E-state index in [2.05, 4.69) is 15.6 Å². The normalized spacial score (nSPS) is 13.3. The summed E-state index contributed by atoms with van der Waals surface area (Å²) in [5.74, 6) is 0. The highest BCUT2D eigenvalue weighted by Crippen LogP contribution is 2.38. The number of allylic oxidation sites excluding steroid dienone is 1. The molecule has 0 aliphatic carbocycles. The summed E-state index contributed by atoms with van der Waals surface area (Å²) >= 11 is 0. The molecular weight excluding hydrogens is 505 g/mol. The van der Waals surface area contributed by atoms with E-state index in [-0.39, 0.29) is 6.16 Å². The van der Waals surface area contributed by atoms with E-state index in [1.54, 1.807) is 0 Å². The Morgan fingerprint density at radius 1 is 0.719 bits per heavy atom. The monoisotopic (exact) mass is 538 g/mol. The molecular formula is C13H33O16P3. The lowest BCUT2D eigenvalue weighted by Crippen LogP contribution is -2.38. The summed E-state index contributed by atoms with van der Waals surface area (Å²) in [7, 11) is -11.5. The lowest BCUT2D eigenvalue weighted by molar-refractivity contribution is -0.0325. The summed E-state index contributed by atoms with van der Waals surface area (Å²) in [6.07, 6.45) is 1.67. The average Bonchev–Trinajstić information content (AvgIpc) is 2.70. The van der Waals surface area contributed by atoms with E-state index in [1.165, 1.54) is 6.08 Å². The zero-order chi connectivity index (χ0) is 26.1. The van der Waals surface area contributed by atoms with Gasteiger partial charge in [-0.05, 0) is 0 Å². The van der Waals surface area contributed by atoms with Crippen LogP contribution in [0.3, 0.4) is 0 Å². The zero-order valence-corrected chi connectivity index (χ0v) is 19.8. The molecule has 0 aromatic heterocycles. The van der Waals surface area contributed by atoms with E-state index < -0.39 is 87.4 Å². The van der Waals surface area contributed by atoms with Crippen molar-refractivity contribution in [3.63, 3.8) is 0 Å². The maximum Gasteiger partial charge on any atom is 0.469 e. The SMILES string of the molecule is C=CC[PH](=O)O.O=P(O)(O)OCC(CO)(CO)CO.O=P(O)(O)OCC(CO)(CO)CO. The fraction of sp³-hybridized carbons (Fsp3) is 0.846. The lowest BCUT2D eigenvalue weighted by Gasteiger charge is -2.26. The highest BCUT2D eigenvalue weighted by molar-refractivity contribution is 7.46. The molecule has 19 heteroatoms. The van der Waals surface area contributed by atoms with E-state index in [0.29, 0.717) is 0 Å². The third kappa shape index (κ3) is 20.5. The predicted molar refractivity (Wildman–Crippen MR) is 110 cm³/mol. The molecule has 0 aromatic carbocycles. The summed E-state index contributed by atoms with van der Waals surface area (Å²) in [6, 6.07) is 0. The molecule has 0 bridgehead atoms. The summed E-state index contributed by atoms with van der Waals surface area (Å²) in [5.41, 5.74) is -2.83. The molecule has 0 aliphatic rings. The Labute approximate surface area is 184 Å². The molecule has 0 saturated heterocycles. The molecule has 1 unspecified atom stereocenters. The number of aliphatic hydroxyl groups is 6. The van der Waals surface area contributed by atoms with Gasteiger partial charge in [0.05, 0.1) is 63.7 Å². The summed E-state index contributed by atoms with van der Waals surface area (Å²) < 4.78 is 38.3. The average molecular weight is 538 g/mol. The first-order valence-corrected chi connectivity index (χ1v) is 13.1. The third-order valence-electron chi connectivity index (χ3n) is 3.41. The molecule has 0 amide bonds. The molecule has 0 spiro atoms. The quantitative estimate of drug-likeness (QED) is 0.0765. The first-order chi connectivity index (χ1) is 14.5. The number of phosphoric ester groups is 2. The molecule has 0 heterocycles. The molecule has 32 heavy (non-hydrogen) atoms. The van der Waals surface area contributed by atoms with Gasteiger partial charge in [-0.15, -0.1) is 6.58 Å². The second-order valence-corrected chi connectivity index (χ2v) is 10.0. The van der Waals surface area contributed by atoms with Crippen molar-refractivity contribution in [2.45, 2.75) is 0 Å². The molecule has 0 aliphatic heterocycles. The molecule has 11 N–H and O–H groups in total. The minimum atomic E-state index is -4.64. The smallest absolute Gasteiger partial charge is 0.396 e. The van der Waals surface area contributed by atoms with E-state index in [4.69, 9.17) is 55.1 Å². The first kappa shape index (κ1) is 36.5. The minimum absolute atomic E-state index is 0.241. The van der Waals surface area contributed by atoms with Crippen LogP contribution in [0.2, 0.25) is 0 Å². The first-order valence-electron chi connectivity index (χ1n) is 8.43. The van der Waals surface area contributed by atoms with E-state index >= 15 is 0 Å². The summed E-state index contributed by atoms with van der Waals surface area (Å²) in [5, 5.41) is 52.3. The summed E-state index contributed by atoms with van der Waals surface area (Å²) in [4.78, 5) is 41.3. The van der Waals surface area contributed by atoms with Crippen molar-refractivity contribution >= 4 is 23.7 Å². The van der Waals surface area contributed by atoms with Crippen LogP contribution in [0.5, 0.6) is 0 Å². The Morgan fingerprint density at radius 2 is 0.969 bits per heavy atom. The predicted octanol–water partition coefficient (Wildman–Crippen LogP) is -3.24. The van der Waals surface area contributed by atoms with Crippen LogP contribution in [-0.2, 0) is 22.7 Å². The van der Waals surface area contributed by atoms with Gasteiger partial charge >= 0.3 is 15.6 Å². The van der Waals surface area contributed by atoms with Gasteiger partial charge in [-0.1, -0.05) is 6.08 Å². The van der Waals surface area contributed by atoms with Gasteiger partial charge in [0.2, 0.25) is 0 Å². The molecule has 0 aromatic rings. The Hall–Kier alpha value is -0.0900. The number of hydrogen-bond acceptors (Lipinski definition) is 11. The van der Waals surface area contributed by atoms with Crippen LogP contribution < -0.4 is 0 Å². The minimum Gasteiger partial charge on any atom is -0.396 e. The van der Waals surface area contributed by atoms with Crippen LogP contribution >= 0.6 is 23.7 Å². The molecule has 0 fully saturated rings. The fourth-order valence-corrected chi connectivity index (χ4v) is 2.27. The summed E-state index contributed by atoms with van der Waals surface area (Å²) in [6.45, 7) is -1.70. The Morgan fingerprint density at radius 3 is 1.06 bits per heavy atom. The second kappa shape index (κ2) is 18.3. The van der Waals surface area contributed by atoms with Gasteiger partial charge in [0, 0.05) is 6.16 Å². The standard InChI is InChI=1S/2C5H13O7P.C3H7O2P/c2*6-1-5(2-7,3-8)4-12-13(9,10)11;1-2-3-6(4)5/h2*6-8H,1-4H2,(H2,9,10,11);2,6H,1,3H2,(H,4,5). The van der Waals surface area contributed by atoms with Crippen LogP contribution in [0.1, 0.15) is 0 Å².